The smallest absolute Gasteiger partial charge is 0.332 e. The molecule has 0 heterocycles. The monoisotopic (exact) mass is 174 g/mol. The van der Waals surface area contributed by atoms with E-state index in [2.05, 4.69) is 0 Å². The van der Waals surface area contributed by atoms with E-state index in [1.165, 1.54) is 0 Å². The minimum Gasteiger partial charge on any atom is -0.479 e. The average Bonchev–Trinajstić information content (AvgIpc) is 1.82. The highest BCUT2D eigenvalue weighted by molar-refractivity contribution is 5.72. The second-order valence-electron chi connectivity index (χ2n) is 4.53. The van der Waals surface area contributed by atoms with E-state index >= 15 is 0 Å². The van der Waals surface area contributed by atoms with Gasteiger partial charge in [-0.25, -0.2) is 4.79 Å². The van der Waals surface area contributed by atoms with Gasteiger partial charge in [0.25, 0.3) is 0 Å². The van der Waals surface area contributed by atoms with Crippen molar-refractivity contribution in [1.29, 1.82) is 0 Å². The fourth-order valence-corrected chi connectivity index (χ4v) is 1.32. The summed E-state index contributed by atoms with van der Waals surface area (Å²) < 4.78 is 0. The van der Waals surface area contributed by atoms with Gasteiger partial charge in [0.05, 0.1) is 0 Å². The summed E-state index contributed by atoms with van der Waals surface area (Å²) in [7, 11) is 0. The van der Waals surface area contributed by atoms with Crippen LogP contribution in [0, 0.1) is 11.3 Å². The molecule has 0 aliphatic rings. The Bertz CT molecular complexity index is 158. The van der Waals surface area contributed by atoms with Gasteiger partial charge in [0, 0.05) is 0 Å². The van der Waals surface area contributed by atoms with Gasteiger partial charge in [0.15, 0.2) is 6.10 Å². The van der Waals surface area contributed by atoms with Crippen molar-refractivity contribution in [3.8, 4) is 0 Å². The first-order valence-corrected chi connectivity index (χ1v) is 4.15. The van der Waals surface area contributed by atoms with Crippen LogP contribution in [0.25, 0.3) is 0 Å². The van der Waals surface area contributed by atoms with Crippen LogP contribution in [0.1, 0.15) is 34.1 Å². The maximum Gasteiger partial charge on any atom is 0.332 e. The van der Waals surface area contributed by atoms with Crippen LogP contribution in [0.15, 0.2) is 0 Å². The van der Waals surface area contributed by atoms with E-state index in [0.29, 0.717) is 6.42 Å². The van der Waals surface area contributed by atoms with Crippen LogP contribution < -0.4 is 0 Å². The van der Waals surface area contributed by atoms with Crippen LogP contribution in [0.2, 0.25) is 0 Å². The zero-order chi connectivity index (χ0) is 9.94. The second-order valence-corrected chi connectivity index (χ2v) is 4.53. The van der Waals surface area contributed by atoms with Gasteiger partial charge in [-0.3, -0.25) is 0 Å². The Morgan fingerprint density at radius 1 is 1.42 bits per heavy atom. The summed E-state index contributed by atoms with van der Waals surface area (Å²) in [4.78, 5) is 10.4. The van der Waals surface area contributed by atoms with Crippen LogP contribution in [0.3, 0.4) is 0 Å². The first kappa shape index (κ1) is 11.4. The van der Waals surface area contributed by atoms with Crippen LogP contribution in [-0.4, -0.2) is 22.3 Å². The average molecular weight is 174 g/mol. The molecule has 2 N–H and O–H groups in total. The molecular weight excluding hydrogens is 156 g/mol. The highest BCUT2D eigenvalue weighted by Crippen LogP contribution is 2.25. The normalized spacial score (nSPS) is 17.1. The minimum absolute atomic E-state index is 0.0653. The largest absolute Gasteiger partial charge is 0.479 e. The fourth-order valence-electron chi connectivity index (χ4n) is 1.32. The number of aliphatic carboxylic acids is 1. The number of aliphatic hydroxyl groups is 1. The van der Waals surface area contributed by atoms with E-state index < -0.39 is 12.1 Å². The third kappa shape index (κ3) is 4.34. The molecule has 0 amide bonds. The van der Waals surface area contributed by atoms with E-state index in [-0.39, 0.29) is 11.3 Å². The molecule has 0 aliphatic heterocycles. The molecule has 0 aliphatic carbocycles. The molecule has 0 aromatic rings. The molecule has 0 spiro atoms. The van der Waals surface area contributed by atoms with Gasteiger partial charge in [-0.1, -0.05) is 27.7 Å². The number of hydrogen-bond donors (Lipinski definition) is 2. The molecule has 2 atom stereocenters. The standard InChI is InChI=1S/C9H18O3/c1-6(5-9(2,3)4)7(10)8(11)12/h6-7,10H,5H2,1-4H3,(H,11,12). The van der Waals surface area contributed by atoms with Gasteiger partial charge in [-0.2, -0.15) is 0 Å². The van der Waals surface area contributed by atoms with Gasteiger partial charge < -0.3 is 10.2 Å². The lowest BCUT2D eigenvalue weighted by Crippen LogP contribution is -2.30. The lowest BCUT2D eigenvalue weighted by atomic mass is 9.83. The number of hydrogen-bond acceptors (Lipinski definition) is 2. The summed E-state index contributed by atoms with van der Waals surface area (Å²) in [6.07, 6.45) is -0.523. The quantitative estimate of drug-likeness (QED) is 0.681. The number of carboxylic acids is 1. The Balaban J connectivity index is 4.04. The summed E-state index contributed by atoms with van der Waals surface area (Å²) in [6, 6.07) is 0. The van der Waals surface area contributed by atoms with E-state index in [1.807, 2.05) is 20.8 Å². The Morgan fingerprint density at radius 2 is 1.83 bits per heavy atom. The van der Waals surface area contributed by atoms with Crippen molar-refractivity contribution in [3.63, 3.8) is 0 Å². The fraction of sp³-hybridized carbons (Fsp3) is 0.889. The maximum absolute atomic E-state index is 10.4. The molecule has 0 aromatic carbocycles. The number of aliphatic hydroxyl groups excluding tert-OH is 1. The molecule has 3 heteroatoms. The Morgan fingerprint density at radius 3 is 2.08 bits per heavy atom. The molecule has 0 fully saturated rings. The lowest BCUT2D eigenvalue weighted by Gasteiger charge is -2.24. The SMILES string of the molecule is CC(CC(C)(C)C)C(O)C(=O)O. The number of rotatable bonds is 3. The van der Waals surface area contributed by atoms with Gasteiger partial charge in [0.1, 0.15) is 0 Å². The highest BCUT2D eigenvalue weighted by atomic mass is 16.4. The molecule has 3 nitrogen and oxygen atoms in total. The van der Waals surface area contributed by atoms with Gasteiger partial charge in [0.2, 0.25) is 0 Å². The molecule has 72 valence electrons. The van der Waals surface area contributed by atoms with Crippen molar-refractivity contribution < 1.29 is 15.0 Å². The molecule has 0 bridgehead atoms. The van der Waals surface area contributed by atoms with Crippen LogP contribution in [0.4, 0.5) is 0 Å². The van der Waals surface area contributed by atoms with Crippen molar-refractivity contribution in [1.82, 2.24) is 0 Å². The molecule has 0 radical (unpaired) electrons. The third-order valence-electron chi connectivity index (χ3n) is 1.73. The maximum atomic E-state index is 10.4. The molecular formula is C9H18O3. The van der Waals surface area contributed by atoms with Crippen molar-refractivity contribution in [2.75, 3.05) is 0 Å². The van der Waals surface area contributed by atoms with Gasteiger partial charge >= 0.3 is 5.97 Å². The van der Waals surface area contributed by atoms with Crippen molar-refractivity contribution in [2.24, 2.45) is 11.3 Å². The van der Waals surface area contributed by atoms with Crippen LogP contribution in [-0.2, 0) is 4.79 Å². The summed E-state index contributed by atoms with van der Waals surface area (Å²) in [6.45, 7) is 7.83. The molecule has 0 rings (SSSR count). The molecule has 0 aromatic heterocycles. The van der Waals surface area contributed by atoms with Crippen molar-refractivity contribution >= 4 is 5.97 Å². The summed E-state index contributed by atoms with van der Waals surface area (Å²) in [5, 5.41) is 17.7. The molecule has 12 heavy (non-hydrogen) atoms. The summed E-state index contributed by atoms with van der Waals surface area (Å²) >= 11 is 0. The third-order valence-corrected chi connectivity index (χ3v) is 1.73. The summed E-state index contributed by atoms with van der Waals surface area (Å²) in [5.41, 5.74) is 0.0653. The van der Waals surface area contributed by atoms with Gasteiger partial charge in [-0.15, -0.1) is 0 Å². The topological polar surface area (TPSA) is 57.5 Å². The molecule has 0 saturated carbocycles. The highest BCUT2D eigenvalue weighted by Gasteiger charge is 2.25. The van der Waals surface area contributed by atoms with Crippen molar-refractivity contribution in [2.45, 2.75) is 40.2 Å². The number of carbonyl (C=O) groups is 1. The van der Waals surface area contributed by atoms with Gasteiger partial charge in [-0.05, 0) is 17.8 Å². The number of carboxylic acid groups (broad SMARTS) is 1. The Hall–Kier alpha value is -0.570. The van der Waals surface area contributed by atoms with E-state index in [1.54, 1.807) is 6.92 Å². The first-order chi connectivity index (χ1) is 5.24. The van der Waals surface area contributed by atoms with E-state index in [0.717, 1.165) is 0 Å². The molecule has 0 saturated heterocycles. The van der Waals surface area contributed by atoms with Crippen LogP contribution >= 0.6 is 0 Å². The summed E-state index contributed by atoms with van der Waals surface area (Å²) in [5.74, 6) is -1.32. The lowest BCUT2D eigenvalue weighted by molar-refractivity contribution is -0.149. The van der Waals surface area contributed by atoms with Crippen molar-refractivity contribution in [3.05, 3.63) is 0 Å². The van der Waals surface area contributed by atoms with E-state index in [4.69, 9.17) is 10.2 Å². The predicted molar refractivity (Wildman–Crippen MR) is 46.9 cm³/mol. The Labute approximate surface area is 73.4 Å². The zero-order valence-electron chi connectivity index (χ0n) is 8.16. The predicted octanol–water partition coefficient (Wildman–Crippen LogP) is 1.50. The van der Waals surface area contributed by atoms with E-state index in [9.17, 15) is 4.79 Å². The first-order valence-electron chi connectivity index (χ1n) is 4.15. The minimum atomic E-state index is -1.23. The zero-order valence-corrected chi connectivity index (χ0v) is 8.16. The Kier molecular flexibility index (Phi) is 3.71. The molecule has 2 unspecified atom stereocenters. The van der Waals surface area contributed by atoms with Crippen LogP contribution in [0.5, 0.6) is 0 Å². The second kappa shape index (κ2) is 3.90.